The summed E-state index contributed by atoms with van der Waals surface area (Å²) in [7, 11) is 1.92. The minimum absolute atomic E-state index is 0.250. The van der Waals surface area contributed by atoms with Gasteiger partial charge in [-0.2, -0.15) is 5.10 Å². The first-order chi connectivity index (χ1) is 11.7. The van der Waals surface area contributed by atoms with E-state index in [0.717, 1.165) is 28.0 Å². The average molecular weight is 322 g/mol. The first-order valence-corrected chi connectivity index (χ1v) is 7.05. The second-order valence-corrected chi connectivity index (χ2v) is 4.91. The third kappa shape index (κ3) is 2.98. The Morgan fingerprint density at radius 1 is 1.12 bits per heavy atom. The van der Waals surface area contributed by atoms with Crippen molar-refractivity contribution in [1.82, 2.24) is 29.7 Å². The number of fused-ring (bicyclic) bond motifs is 1. The van der Waals surface area contributed by atoms with Crippen LogP contribution in [-0.2, 0) is 11.8 Å². The summed E-state index contributed by atoms with van der Waals surface area (Å²) in [5.41, 5.74) is 4.68. The number of hydrogen-bond donors (Lipinski definition) is 2. The number of nitrogens with zero attached hydrogens (tertiary/aromatic N) is 5. The summed E-state index contributed by atoms with van der Waals surface area (Å²) in [4.78, 5) is 21.5. The molecule has 0 radical (unpaired) electrons. The van der Waals surface area contributed by atoms with Crippen LogP contribution in [0.1, 0.15) is 0 Å². The van der Waals surface area contributed by atoms with Crippen LogP contribution in [0.5, 0.6) is 0 Å². The fourth-order valence-corrected chi connectivity index (χ4v) is 2.28. The highest BCUT2D eigenvalue weighted by Gasteiger charge is 2.07. The van der Waals surface area contributed by atoms with Gasteiger partial charge < -0.3 is 9.67 Å². The Morgan fingerprint density at radius 2 is 1.83 bits per heavy atom. The molecule has 1 aromatic carbocycles. The van der Waals surface area contributed by atoms with Crippen molar-refractivity contribution in [2.75, 3.05) is 0 Å². The smallest absolute Gasteiger partial charge is 0.290 e. The maximum Gasteiger partial charge on any atom is 0.290 e. The molecular formula is C16H14N6O2. The molecule has 0 saturated carbocycles. The number of aryl methyl sites for hydroxylation is 1. The number of benzene rings is 1. The van der Waals surface area contributed by atoms with E-state index in [4.69, 9.17) is 9.90 Å². The maximum absolute atomic E-state index is 8.36. The molecule has 0 unspecified atom stereocenters. The van der Waals surface area contributed by atoms with Crippen molar-refractivity contribution in [3.8, 4) is 22.6 Å². The second kappa shape index (κ2) is 6.69. The predicted molar refractivity (Wildman–Crippen MR) is 88.0 cm³/mol. The molecule has 4 aromatic rings. The number of imidazole rings is 1. The number of H-pyrrole nitrogens is 1. The quantitative estimate of drug-likeness (QED) is 0.547. The molecule has 120 valence electrons. The Bertz CT molecular complexity index is 945. The normalized spacial score (nSPS) is 10.2. The van der Waals surface area contributed by atoms with E-state index < -0.39 is 0 Å². The largest absolute Gasteiger partial charge is 0.483 e. The Kier molecular flexibility index (Phi) is 4.28. The van der Waals surface area contributed by atoms with Crippen LogP contribution in [0.2, 0.25) is 0 Å². The molecule has 0 amide bonds. The van der Waals surface area contributed by atoms with Gasteiger partial charge in [0.25, 0.3) is 6.47 Å². The molecule has 3 heterocycles. The molecule has 0 fully saturated rings. The lowest BCUT2D eigenvalue weighted by Crippen LogP contribution is -1.93. The van der Waals surface area contributed by atoms with Crippen molar-refractivity contribution in [2.45, 2.75) is 0 Å². The Balaban J connectivity index is 0.000000526. The van der Waals surface area contributed by atoms with Crippen molar-refractivity contribution >= 4 is 17.6 Å². The molecule has 0 aliphatic carbocycles. The highest BCUT2D eigenvalue weighted by atomic mass is 16.3. The zero-order chi connectivity index (χ0) is 16.9. The van der Waals surface area contributed by atoms with Crippen molar-refractivity contribution in [1.29, 1.82) is 0 Å². The van der Waals surface area contributed by atoms with Crippen LogP contribution in [0.25, 0.3) is 33.8 Å². The first kappa shape index (κ1) is 15.3. The van der Waals surface area contributed by atoms with E-state index >= 15 is 0 Å². The summed E-state index contributed by atoms with van der Waals surface area (Å²) in [6, 6.07) is 10.0. The second-order valence-electron chi connectivity index (χ2n) is 4.91. The monoisotopic (exact) mass is 322 g/mol. The maximum atomic E-state index is 8.36. The molecule has 8 heteroatoms. The summed E-state index contributed by atoms with van der Waals surface area (Å²) in [6.45, 7) is -0.250. The Morgan fingerprint density at radius 3 is 2.50 bits per heavy atom. The van der Waals surface area contributed by atoms with Crippen molar-refractivity contribution in [3.63, 3.8) is 0 Å². The third-order valence-electron chi connectivity index (χ3n) is 3.41. The van der Waals surface area contributed by atoms with Gasteiger partial charge in [-0.3, -0.25) is 9.89 Å². The van der Waals surface area contributed by atoms with Crippen LogP contribution in [-0.4, -0.2) is 41.3 Å². The summed E-state index contributed by atoms with van der Waals surface area (Å²) in [5, 5.41) is 13.8. The molecule has 0 atom stereocenters. The molecule has 0 spiro atoms. The molecule has 0 aliphatic heterocycles. The number of hydrogen-bond acceptors (Lipinski definition) is 5. The molecule has 0 aliphatic rings. The topological polar surface area (TPSA) is 110 Å². The summed E-state index contributed by atoms with van der Waals surface area (Å²) < 4.78 is 1.89. The summed E-state index contributed by atoms with van der Waals surface area (Å²) in [6.07, 6.45) is 5.23. The minimum Gasteiger partial charge on any atom is -0.483 e. The fourth-order valence-electron chi connectivity index (χ4n) is 2.28. The van der Waals surface area contributed by atoms with Gasteiger partial charge in [0.05, 0.1) is 18.2 Å². The minimum atomic E-state index is -0.250. The lowest BCUT2D eigenvalue weighted by Gasteiger charge is -2.02. The highest BCUT2D eigenvalue weighted by molar-refractivity contribution is 5.73. The predicted octanol–water partition coefficient (Wildman–Crippen LogP) is 2.12. The van der Waals surface area contributed by atoms with Gasteiger partial charge in [-0.25, -0.2) is 15.0 Å². The van der Waals surface area contributed by atoms with Crippen LogP contribution in [0.4, 0.5) is 0 Å². The van der Waals surface area contributed by atoms with E-state index in [1.165, 1.54) is 0 Å². The number of aromatic amines is 1. The number of carbonyl (C=O) groups is 1. The van der Waals surface area contributed by atoms with E-state index in [9.17, 15) is 0 Å². The molecule has 24 heavy (non-hydrogen) atoms. The molecule has 4 rings (SSSR count). The van der Waals surface area contributed by atoms with Gasteiger partial charge in [-0.05, 0) is 11.6 Å². The number of nitrogens with one attached hydrogen (secondary N) is 1. The zero-order valence-corrected chi connectivity index (χ0v) is 12.8. The highest BCUT2D eigenvalue weighted by Crippen LogP contribution is 2.22. The Labute approximate surface area is 136 Å². The lowest BCUT2D eigenvalue weighted by molar-refractivity contribution is -0.122. The summed E-state index contributed by atoms with van der Waals surface area (Å²) in [5.74, 6) is 0.697. The molecule has 0 saturated heterocycles. The van der Waals surface area contributed by atoms with Gasteiger partial charge in [0, 0.05) is 18.8 Å². The van der Waals surface area contributed by atoms with E-state index in [1.54, 1.807) is 18.7 Å². The van der Waals surface area contributed by atoms with Gasteiger partial charge in [-0.15, -0.1) is 0 Å². The SMILES string of the molecule is Cn1cnc2cnc(-c3ccc(-c4ccn[nH]4)cc3)nc21.O=CO. The number of aromatic nitrogens is 6. The van der Waals surface area contributed by atoms with Crippen LogP contribution < -0.4 is 0 Å². The Hall–Kier alpha value is -3.55. The van der Waals surface area contributed by atoms with Crippen molar-refractivity contribution < 1.29 is 9.90 Å². The van der Waals surface area contributed by atoms with Crippen LogP contribution >= 0.6 is 0 Å². The molecular weight excluding hydrogens is 308 g/mol. The number of rotatable bonds is 2. The van der Waals surface area contributed by atoms with E-state index in [0.29, 0.717) is 5.82 Å². The van der Waals surface area contributed by atoms with Gasteiger partial charge >= 0.3 is 0 Å². The number of carboxylic acid groups (broad SMARTS) is 1. The van der Waals surface area contributed by atoms with Gasteiger partial charge in [-0.1, -0.05) is 24.3 Å². The van der Waals surface area contributed by atoms with Gasteiger partial charge in [0.15, 0.2) is 11.5 Å². The van der Waals surface area contributed by atoms with E-state index in [1.807, 2.05) is 41.9 Å². The molecule has 3 aromatic heterocycles. The van der Waals surface area contributed by atoms with Crippen LogP contribution in [0.15, 0.2) is 49.1 Å². The zero-order valence-electron chi connectivity index (χ0n) is 12.8. The van der Waals surface area contributed by atoms with Crippen molar-refractivity contribution in [3.05, 3.63) is 49.1 Å². The molecule has 2 N–H and O–H groups in total. The first-order valence-electron chi connectivity index (χ1n) is 7.05. The average Bonchev–Trinajstić information content (AvgIpc) is 3.26. The van der Waals surface area contributed by atoms with Gasteiger partial charge in [0.2, 0.25) is 0 Å². The lowest BCUT2D eigenvalue weighted by atomic mass is 10.1. The third-order valence-corrected chi connectivity index (χ3v) is 3.41. The van der Waals surface area contributed by atoms with Crippen molar-refractivity contribution in [2.24, 2.45) is 7.05 Å². The standard InChI is InChI=1S/C15H12N6.CH2O2/c1-21-9-17-13-8-16-14(19-15(13)21)11-4-2-10(3-5-11)12-6-7-18-20-12;2-1-3/h2-9H,1H3,(H,18,20);1H,(H,2,3). The fraction of sp³-hybridized carbons (Fsp3) is 0.0625. The molecule has 8 nitrogen and oxygen atoms in total. The van der Waals surface area contributed by atoms with E-state index in [-0.39, 0.29) is 6.47 Å². The van der Waals surface area contributed by atoms with Crippen LogP contribution in [0, 0.1) is 0 Å². The molecule has 0 bridgehead atoms. The van der Waals surface area contributed by atoms with E-state index in [2.05, 4.69) is 25.1 Å². The van der Waals surface area contributed by atoms with Crippen LogP contribution in [0.3, 0.4) is 0 Å². The van der Waals surface area contributed by atoms with Gasteiger partial charge in [0.1, 0.15) is 5.52 Å². The summed E-state index contributed by atoms with van der Waals surface area (Å²) >= 11 is 0.